The van der Waals surface area contributed by atoms with Crippen LogP contribution in [0, 0.1) is 5.92 Å². The predicted octanol–water partition coefficient (Wildman–Crippen LogP) is 2.91. The van der Waals surface area contributed by atoms with Gasteiger partial charge in [0, 0.05) is 5.92 Å². The first-order chi connectivity index (χ1) is 5.97. The summed E-state index contributed by atoms with van der Waals surface area (Å²) in [6, 6.07) is 0. The van der Waals surface area contributed by atoms with Crippen LogP contribution < -0.4 is 0 Å². The maximum Gasteiger partial charge on any atom is 0.0650 e. The topological polar surface area (TPSA) is 9.23 Å². The molecule has 0 amide bonds. The lowest BCUT2D eigenvalue weighted by Crippen LogP contribution is -2.19. The van der Waals surface area contributed by atoms with Crippen LogP contribution in [0.25, 0.3) is 0 Å². The quantitative estimate of drug-likeness (QED) is 0.503. The molecular formula is C11H18O. The lowest BCUT2D eigenvalue weighted by atomic mass is 9.86. The van der Waals surface area contributed by atoms with Gasteiger partial charge < -0.3 is 4.74 Å². The molecule has 1 atom stereocenters. The van der Waals surface area contributed by atoms with E-state index in [-0.39, 0.29) is 0 Å². The minimum Gasteiger partial charge on any atom is -0.377 e. The molecule has 1 aliphatic carbocycles. The minimum absolute atomic E-state index is 0.777. The van der Waals surface area contributed by atoms with E-state index in [4.69, 9.17) is 4.74 Å². The molecule has 1 heterocycles. The van der Waals surface area contributed by atoms with E-state index in [0.717, 1.165) is 19.1 Å². The van der Waals surface area contributed by atoms with E-state index < -0.39 is 0 Å². The van der Waals surface area contributed by atoms with Crippen LogP contribution in [-0.2, 0) is 4.74 Å². The van der Waals surface area contributed by atoms with Gasteiger partial charge in [-0.2, -0.15) is 0 Å². The molecule has 0 saturated heterocycles. The van der Waals surface area contributed by atoms with Crippen LogP contribution in [0.4, 0.5) is 0 Å². The maximum absolute atomic E-state index is 5.46. The van der Waals surface area contributed by atoms with E-state index >= 15 is 0 Å². The molecule has 0 bridgehead atoms. The third kappa shape index (κ3) is 1.89. The summed E-state index contributed by atoms with van der Waals surface area (Å²) in [5, 5.41) is 0. The summed E-state index contributed by atoms with van der Waals surface area (Å²) in [6.45, 7) is 1.86. The van der Waals surface area contributed by atoms with E-state index in [9.17, 15) is 0 Å². The Bertz CT molecular complexity index is 172. The number of hydrogen-bond acceptors (Lipinski definition) is 1. The van der Waals surface area contributed by atoms with Crippen LogP contribution in [0.1, 0.15) is 38.5 Å². The molecule has 1 nitrogen and oxygen atoms in total. The highest BCUT2D eigenvalue weighted by molar-refractivity contribution is 5.10. The number of ether oxygens (including phenoxy) is 1. The molecule has 1 heteroatoms. The first kappa shape index (κ1) is 8.31. The van der Waals surface area contributed by atoms with Crippen molar-refractivity contribution in [1.82, 2.24) is 0 Å². The SMILES string of the molecule is C1=C2CCCCCCC2COC1. The van der Waals surface area contributed by atoms with Crippen molar-refractivity contribution in [3.8, 4) is 0 Å². The minimum atomic E-state index is 0.777. The molecule has 0 aromatic rings. The van der Waals surface area contributed by atoms with Crippen LogP contribution in [0.5, 0.6) is 0 Å². The van der Waals surface area contributed by atoms with E-state index in [1.54, 1.807) is 5.57 Å². The summed E-state index contributed by atoms with van der Waals surface area (Å²) < 4.78 is 5.46. The van der Waals surface area contributed by atoms with Crippen molar-refractivity contribution in [2.75, 3.05) is 13.2 Å². The second kappa shape index (κ2) is 4.08. The van der Waals surface area contributed by atoms with Crippen LogP contribution in [-0.4, -0.2) is 13.2 Å². The third-order valence-corrected chi connectivity index (χ3v) is 3.07. The summed E-state index contributed by atoms with van der Waals surface area (Å²) >= 11 is 0. The Morgan fingerprint density at radius 2 is 2.08 bits per heavy atom. The Morgan fingerprint density at radius 3 is 3.08 bits per heavy atom. The van der Waals surface area contributed by atoms with Crippen LogP contribution in [0.3, 0.4) is 0 Å². The highest BCUT2D eigenvalue weighted by Crippen LogP contribution is 2.29. The van der Waals surface area contributed by atoms with Gasteiger partial charge in [0.15, 0.2) is 0 Å². The fourth-order valence-electron chi connectivity index (χ4n) is 2.30. The van der Waals surface area contributed by atoms with E-state index in [1.807, 2.05) is 0 Å². The zero-order valence-electron chi connectivity index (χ0n) is 7.72. The van der Waals surface area contributed by atoms with Gasteiger partial charge in [0.1, 0.15) is 0 Å². The van der Waals surface area contributed by atoms with Gasteiger partial charge in [-0.3, -0.25) is 0 Å². The first-order valence-corrected chi connectivity index (χ1v) is 5.23. The Hall–Kier alpha value is -0.300. The lowest BCUT2D eigenvalue weighted by Gasteiger charge is -2.26. The molecule has 0 aromatic carbocycles. The zero-order chi connectivity index (χ0) is 8.23. The van der Waals surface area contributed by atoms with Gasteiger partial charge in [0.05, 0.1) is 13.2 Å². The molecule has 0 N–H and O–H groups in total. The molecule has 0 spiro atoms. The average Bonchev–Trinajstić information content (AvgIpc) is 2.06. The van der Waals surface area contributed by atoms with Crippen molar-refractivity contribution in [2.24, 2.45) is 5.92 Å². The van der Waals surface area contributed by atoms with E-state index in [2.05, 4.69) is 6.08 Å². The standard InChI is InChI=1S/C11H18O/c1-2-4-6-11-9-12-8-7-10(11)5-3-1/h7,11H,1-6,8-9H2. The van der Waals surface area contributed by atoms with E-state index in [1.165, 1.54) is 38.5 Å². The molecule has 12 heavy (non-hydrogen) atoms. The Balaban J connectivity index is 2.00. The largest absolute Gasteiger partial charge is 0.377 e. The third-order valence-electron chi connectivity index (χ3n) is 3.07. The molecular weight excluding hydrogens is 148 g/mol. The zero-order valence-corrected chi connectivity index (χ0v) is 7.72. The lowest BCUT2D eigenvalue weighted by molar-refractivity contribution is 0.112. The monoisotopic (exact) mass is 166 g/mol. The van der Waals surface area contributed by atoms with Crippen LogP contribution in [0.15, 0.2) is 11.6 Å². The molecule has 1 fully saturated rings. The highest BCUT2D eigenvalue weighted by Gasteiger charge is 2.18. The maximum atomic E-state index is 5.46. The van der Waals surface area contributed by atoms with Crippen LogP contribution in [0.2, 0.25) is 0 Å². The van der Waals surface area contributed by atoms with Crippen LogP contribution >= 0.6 is 0 Å². The summed E-state index contributed by atoms with van der Waals surface area (Å²) in [5.41, 5.74) is 1.70. The van der Waals surface area contributed by atoms with Crippen molar-refractivity contribution in [3.63, 3.8) is 0 Å². The molecule has 1 saturated carbocycles. The van der Waals surface area contributed by atoms with Gasteiger partial charge in [-0.25, -0.2) is 0 Å². The number of hydrogen-bond donors (Lipinski definition) is 0. The van der Waals surface area contributed by atoms with Gasteiger partial charge >= 0.3 is 0 Å². The summed E-state index contributed by atoms with van der Waals surface area (Å²) in [5.74, 6) is 0.777. The van der Waals surface area contributed by atoms with Gasteiger partial charge in [-0.05, 0) is 19.3 Å². The Kier molecular flexibility index (Phi) is 2.83. The Morgan fingerprint density at radius 1 is 1.17 bits per heavy atom. The number of rotatable bonds is 0. The van der Waals surface area contributed by atoms with Crippen molar-refractivity contribution in [1.29, 1.82) is 0 Å². The van der Waals surface area contributed by atoms with Gasteiger partial charge in [-0.15, -0.1) is 0 Å². The van der Waals surface area contributed by atoms with Gasteiger partial charge in [-0.1, -0.05) is 30.9 Å². The molecule has 1 aliphatic heterocycles. The van der Waals surface area contributed by atoms with E-state index in [0.29, 0.717) is 0 Å². The molecule has 1 unspecified atom stereocenters. The fraction of sp³-hybridized carbons (Fsp3) is 0.818. The second-order valence-electron chi connectivity index (χ2n) is 3.97. The van der Waals surface area contributed by atoms with Gasteiger partial charge in [0.25, 0.3) is 0 Å². The molecule has 0 aromatic heterocycles. The molecule has 2 aliphatic rings. The number of fused-ring (bicyclic) bond motifs is 1. The smallest absolute Gasteiger partial charge is 0.0650 e. The Labute approximate surface area is 74.8 Å². The normalized spacial score (nSPS) is 31.3. The average molecular weight is 166 g/mol. The highest BCUT2D eigenvalue weighted by atomic mass is 16.5. The first-order valence-electron chi connectivity index (χ1n) is 5.23. The summed E-state index contributed by atoms with van der Waals surface area (Å²) in [6.07, 6.45) is 10.7. The second-order valence-corrected chi connectivity index (χ2v) is 3.97. The molecule has 0 radical (unpaired) electrons. The van der Waals surface area contributed by atoms with Gasteiger partial charge in [0.2, 0.25) is 0 Å². The predicted molar refractivity (Wildman–Crippen MR) is 50.1 cm³/mol. The van der Waals surface area contributed by atoms with Crippen molar-refractivity contribution in [2.45, 2.75) is 38.5 Å². The fourth-order valence-corrected chi connectivity index (χ4v) is 2.30. The van der Waals surface area contributed by atoms with Crippen molar-refractivity contribution in [3.05, 3.63) is 11.6 Å². The molecule has 2 rings (SSSR count). The van der Waals surface area contributed by atoms with Crippen molar-refractivity contribution >= 4 is 0 Å². The summed E-state index contributed by atoms with van der Waals surface area (Å²) in [7, 11) is 0. The molecule has 68 valence electrons. The summed E-state index contributed by atoms with van der Waals surface area (Å²) in [4.78, 5) is 0. The van der Waals surface area contributed by atoms with Crippen molar-refractivity contribution < 1.29 is 4.74 Å².